The van der Waals surface area contributed by atoms with Gasteiger partial charge in [0.1, 0.15) is 6.04 Å². The van der Waals surface area contributed by atoms with E-state index >= 15 is 0 Å². The first-order valence-corrected chi connectivity index (χ1v) is 19.1. The molecule has 4 N–H and O–H groups in total. The number of hydrogen-bond donors (Lipinski definition) is 3. The van der Waals surface area contributed by atoms with Crippen LogP contribution in [0.2, 0.25) is 0 Å². The van der Waals surface area contributed by atoms with Crippen molar-refractivity contribution in [1.29, 1.82) is 0 Å². The molecule has 1 aromatic rings. The number of hydrazine groups is 1. The summed E-state index contributed by atoms with van der Waals surface area (Å²) in [5.74, 6) is 1.35. The normalized spacial score (nSPS) is 20.2. The second kappa shape index (κ2) is 18.9. The summed E-state index contributed by atoms with van der Waals surface area (Å²) in [6.07, 6.45) is 13.5. The maximum absolute atomic E-state index is 13.9. The SMILES string of the molecule is C#CC[C@H](NC(=O)[C@H](Cc1ccccc1)CS(=O)(=O)N(C)N1CCN(C)CC1)C(=O)N[C@@H](CC1CCCCC1)[C@@H](C)[C@@H](N)CC(C)C. The van der Waals surface area contributed by atoms with Crippen molar-refractivity contribution in [3.63, 3.8) is 0 Å². The van der Waals surface area contributed by atoms with Crippen molar-refractivity contribution in [2.75, 3.05) is 46.0 Å². The predicted molar refractivity (Wildman–Crippen MR) is 189 cm³/mol. The van der Waals surface area contributed by atoms with E-state index in [9.17, 15) is 18.0 Å². The molecule has 3 rings (SSSR count). The summed E-state index contributed by atoms with van der Waals surface area (Å²) in [6, 6.07) is 8.12. The molecule has 47 heavy (non-hydrogen) atoms. The van der Waals surface area contributed by atoms with Crippen LogP contribution in [0.15, 0.2) is 30.3 Å². The van der Waals surface area contributed by atoms with E-state index in [0.717, 1.165) is 44.3 Å². The van der Waals surface area contributed by atoms with Crippen molar-refractivity contribution in [2.24, 2.45) is 29.4 Å². The zero-order valence-electron chi connectivity index (χ0n) is 29.4. The number of piperazine rings is 1. The topological polar surface area (TPSA) is 128 Å². The van der Waals surface area contributed by atoms with Gasteiger partial charge < -0.3 is 21.3 Å². The fraction of sp³-hybridized carbons (Fsp3) is 0.722. The lowest BCUT2D eigenvalue weighted by atomic mass is 9.79. The van der Waals surface area contributed by atoms with E-state index in [1.54, 1.807) is 12.1 Å². The summed E-state index contributed by atoms with van der Waals surface area (Å²) >= 11 is 0. The number of amides is 2. The number of hydrogen-bond acceptors (Lipinski definition) is 7. The van der Waals surface area contributed by atoms with Gasteiger partial charge in [0.25, 0.3) is 0 Å². The molecular formula is C36H60N6O4S. The highest BCUT2D eigenvalue weighted by molar-refractivity contribution is 7.89. The van der Waals surface area contributed by atoms with Crippen molar-refractivity contribution in [1.82, 2.24) is 25.0 Å². The molecular weight excluding hydrogens is 613 g/mol. The molecule has 2 amide bonds. The Labute approximate surface area is 284 Å². The van der Waals surface area contributed by atoms with E-state index in [4.69, 9.17) is 12.2 Å². The molecule has 2 fully saturated rings. The zero-order chi connectivity index (χ0) is 34.6. The van der Waals surface area contributed by atoms with Crippen LogP contribution in [0.4, 0.5) is 0 Å². The number of carbonyl (C=O) groups excluding carboxylic acids is 2. The summed E-state index contributed by atoms with van der Waals surface area (Å²) in [5, 5.41) is 7.91. The Morgan fingerprint density at radius 1 is 1.02 bits per heavy atom. The number of benzene rings is 1. The van der Waals surface area contributed by atoms with Crippen LogP contribution in [0.5, 0.6) is 0 Å². The average Bonchev–Trinajstić information content (AvgIpc) is 3.04. The molecule has 1 saturated heterocycles. The minimum Gasteiger partial charge on any atom is -0.351 e. The van der Waals surface area contributed by atoms with Crippen molar-refractivity contribution in [3.05, 3.63) is 35.9 Å². The van der Waals surface area contributed by atoms with E-state index in [2.05, 4.69) is 42.2 Å². The molecule has 1 saturated carbocycles. The van der Waals surface area contributed by atoms with Gasteiger partial charge in [-0.15, -0.1) is 16.8 Å². The molecule has 0 radical (unpaired) electrons. The summed E-state index contributed by atoms with van der Waals surface area (Å²) in [5.41, 5.74) is 7.49. The fourth-order valence-electron chi connectivity index (χ4n) is 6.89. The number of rotatable bonds is 17. The highest BCUT2D eigenvalue weighted by atomic mass is 32.2. The number of carbonyl (C=O) groups is 2. The molecule has 0 aromatic heterocycles. The summed E-state index contributed by atoms with van der Waals surface area (Å²) in [6.45, 7) is 9.05. The first kappa shape index (κ1) is 39.0. The molecule has 0 unspecified atom stereocenters. The summed E-state index contributed by atoms with van der Waals surface area (Å²) < 4.78 is 28.6. The lowest BCUT2D eigenvalue weighted by Crippen LogP contribution is -2.56. The molecule has 1 aromatic carbocycles. The Bertz CT molecular complexity index is 1260. The summed E-state index contributed by atoms with van der Waals surface area (Å²) in [7, 11) is -0.298. The smallest absolute Gasteiger partial charge is 0.243 e. The first-order chi connectivity index (χ1) is 22.3. The number of nitrogens with zero attached hydrogens (tertiary/aromatic N) is 3. The van der Waals surface area contributed by atoms with Crippen molar-refractivity contribution in [3.8, 4) is 12.3 Å². The fourth-order valence-corrected chi connectivity index (χ4v) is 8.39. The van der Waals surface area contributed by atoms with Gasteiger partial charge in [-0.05, 0) is 49.6 Å². The molecule has 264 valence electrons. The van der Waals surface area contributed by atoms with Crippen molar-refractivity contribution in [2.45, 2.75) is 96.7 Å². The molecule has 0 spiro atoms. The molecule has 0 bridgehead atoms. The molecule has 1 aliphatic heterocycles. The second-order valence-electron chi connectivity index (χ2n) is 14.3. The van der Waals surface area contributed by atoms with Gasteiger partial charge in [-0.3, -0.25) is 9.59 Å². The van der Waals surface area contributed by atoms with Crippen LogP contribution < -0.4 is 16.4 Å². The van der Waals surface area contributed by atoms with E-state index < -0.39 is 33.6 Å². The van der Waals surface area contributed by atoms with Crippen LogP contribution in [0.25, 0.3) is 0 Å². The van der Waals surface area contributed by atoms with Gasteiger partial charge in [0.2, 0.25) is 21.8 Å². The van der Waals surface area contributed by atoms with Crippen LogP contribution >= 0.6 is 0 Å². The van der Waals surface area contributed by atoms with Gasteiger partial charge in [0.15, 0.2) is 0 Å². The van der Waals surface area contributed by atoms with Crippen LogP contribution in [0, 0.1) is 36.0 Å². The van der Waals surface area contributed by atoms with Gasteiger partial charge in [-0.2, -0.15) is 0 Å². The Morgan fingerprint density at radius 3 is 2.26 bits per heavy atom. The Morgan fingerprint density at radius 2 is 1.66 bits per heavy atom. The first-order valence-electron chi connectivity index (χ1n) is 17.5. The standard InChI is InChI=1S/C36H60N6O4S/c1-7-14-33(36(44)39-34(25-30-17-12-9-13-18-30)28(4)32(37)23-27(2)3)38-35(43)31(24-29-15-10-8-11-16-29)26-47(45,46)41(6)42-21-19-40(5)20-22-42/h1,8,10-11,15-16,27-28,30-34H,9,12-14,17-26,37H2,2-6H3,(H,38,43)(H,39,44)/t28-,31+,32-,33-,34-/m0/s1. The van der Waals surface area contributed by atoms with E-state index in [-0.39, 0.29) is 36.8 Å². The van der Waals surface area contributed by atoms with Crippen molar-refractivity contribution >= 4 is 21.8 Å². The molecule has 1 aliphatic carbocycles. The third-order valence-corrected chi connectivity index (χ3v) is 11.9. The number of terminal acetylenes is 1. The summed E-state index contributed by atoms with van der Waals surface area (Å²) in [4.78, 5) is 30.0. The van der Waals surface area contributed by atoms with Gasteiger partial charge in [-0.25, -0.2) is 13.4 Å². The van der Waals surface area contributed by atoms with Crippen LogP contribution in [0.3, 0.4) is 0 Å². The Kier molecular flexibility index (Phi) is 15.7. The van der Waals surface area contributed by atoms with Gasteiger partial charge in [0.05, 0.1) is 11.7 Å². The maximum Gasteiger partial charge on any atom is 0.243 e. The number of nitrogens with two attached hydrogens (primary N) is 1. The highest BCUT2D eigenvalue weighted by Crippen LogP contribution is 2.30. The molecule has 10 nitrogen and oxygen atoms in total. The Hall–Kier alpha value is -2.49. The lowest BCUT2D eigenvalue weighted by Gasteiger charge is -2.37. The quantitative estimate of drug-likeness (QED) is 0.217. The van der Waals surface area contributed by atoms with Crippen molar-refractivity contribution < 1.29 is 18.0 Å². The average molecular weight is 673 g/mol. The molecule has 1 heterocycles. The minimum atomic E-state index is -3.85. The number of likely N-dealkylation sites (N-methyl/N-ethyl adjacent to an activating group) is 1. The minimum absolute atomic E-state index is 0.00778. The molecule has 2 aliphatic rings. The second-order valence-corrected chi connectivity index (χ2v) is 16.4. The number of nitrogens with one attached hydrogen (secondary N) is 2. The van der Waals surface area contributed by atoms with E-state index in [1.165, 1.54) is 23.7 Å². The third kappa shape index (κ3) is 12.5. The molecule has 5 atom stereocenters. The largest absolute Gasteiger partial charge is 0.351 e. The van der Waals surface area contributed by atoms with Gasteiger partial charge >= 0.3 is 0 Å². The van der Waals surface area contributed by atoms with Crippen LogP contribution in [0.1, 0.15) is 77.7 Å². The van der Waals surface area contributed by atoms with Crippen LogP contribution in [-0.2, 0) is 26.0 Å². The zero-order valence-corrected chi connectivity index (χ0v) is 30.2. The predicted octanol–water partition coefficient (Wildman–Crippen LogP) is 3.24. The van der Waals surface area contributed by atoms with Crippen LogP contribution in [-0.4, -0.2) is 98.7 Å². The number of sulfonamides is 1. The van der Waals surface area contributed by atoms with E-state index in [1.807, 2.05) is 37.4 Å². The monoisotopic (exact) mass is 672 g/mol. The van der Waals surface area contributed by atoms with E-state index in [0.29, 0.717) is 24.9 Å². The van der Waals surface area contributed by atoms with Gasteiger partial charge in [-0.1, -0.05) is 83.2 Å². The van der Waals surface area contributed by atoms with Gasteiger partial charge in [0, 0.05) is 51.7 Å². The highest BCUT2D eigenvalue weighted by Gasteiger charge is 2.35. The Balaban J connectivity index is 1.79. The maximum atomic E-state index is 13.9. The lowest BCUT2D eigenvalue weighted by molar-refractivity contribution is -0.131. The third-order valence-electron chi connectivity index (χ3n) is 10.0. The molecule has 11 heteroatoms.